The molecule has 2 amide bonds. The van der Waals surface area contributed by atoms with Gasteiger partial charge in [-0.3, -0.25) is 0 Å². The third-order valence-electron chi connectivity index (χ3n) is 7.13. The van der Waals surface area contributed by atoms with Crippen molar-refractivity contribution in [3.05, 3.63) is 130 Å². The summed E-state index contributed by atoms with van der Waals surface area (Å²) in [6.45, 7) is 4.54. The van der Waals surface area contributed by atoms with E-state index in [1.165, 1.54) is 5.56 Å². The Bertz CT molecular complexity index is 1600. The Balaban J connectivity index is 1.53. The number of urea groups is 1. The fourth-order valence-corrected chi connectivity index (χ4v) is 5.39. The fraction of sp³-hybridized carbons (Fsp3) is 0.161. The van der Waals surface area contributed by atoms with Crippen LogP contribution in [0.15, 0.2) is 97.2 Å². The lowest BCUT2D eigenvalue weighted by atomic mass is 9.99. The number of carbonyl (C=O) groups is 1. The molecule has 3 heterocycles. The van der Waals surface area contributed by atoms with Gasteiger partial charge in [-0.2, -0.15) is 5.10 Å². The highest BCUT2D eigenvalue weighted by Crippen LogP contribution is 2.39. The second kappa shape index (κ2) is 9.88. The number of benzene rings is 3. The summed E-state index contributed by atoms with van der Waals surface area (Å²) in [6, 6.07) is 29.5. The van der Waals surface area contributed by atoms with Crippen LogP contribution in [-0.2, 0) is 13.0 Å². The Hall–Kier alpha value is -4.29. The van der Waals surface area contributed by atoms with E-state index in [4.69, 9.17) is 16.7 Å². The topological polar surface area (TPSA) is 55.1 Å². The third-order valence-corrected chi connectivity index (χ3v) is 7.36. The molecule has 0 fully saturated rings. The van der Waals surface area contributed by atoms with Crippen LogP contribution in [-0.4, -0.2) is 25.3 Å². The molecule has 0 saturated heterocycles. The summed E-state index contributed by atoms with van der Waals surface area (Å²) in [5.74, 6) is 0.946. The lowest BCUT2D eigenvalue weighted by Gasteiger charge is -2.31. The lowest BCUT2D eigenvalue weighted by molar-refractivity contribution is 0.194. The summed E-state index contributed by atoms with van der Waals surface area (Å²) in [7, 11) is 0. The molecular formula is C31H28ClN5O. The molecule has 2 aromatic heterocycles. The van der Waals surface area contributed by atoms with E-state index in [-0.39, 0.29) is 12.1 Å². The van der Waals surface area contributed by atoms with E-state index in [9.17, 15) is 4.79 Å². The minimum absolute atomic E-state index is 0.204. The van der Waals surface area contributed by atoms with E-state index in [0.717, 1.165) is 40.4 Å². The second-order valence-electron chi connectivity index (χ2n) is 9.50. The van der Waals surface area contributed by atoms with Gasteiger partial charge in [-0.15, -0.1) is 0 Å². The van der Waals surface area contributed by atoms with Crippen molar-refractivity contribution in [2.24, 2.45) is 0 Å². The highest BCUT2D eigenvalue weighted by atomic mass is 35.5. The average molecular weight is 522 g/mol. The number of hydrogen-bond donors (Lipinski definition) is 1. The number of aryl methyl sites for hydroxylation is 2. The maximum absolute atomic E-state index is 14.0. The number of rotatable bonds is 4. The van der Waals surface area contributed by atoms with Gasteiger partial charge in [-0.05, 0) is 66.9 Å². The van der Waals surface area contributed by atoms with Crippen molar-refractivity contribution in [1.82, 2.24) is 19.2 Å². The quantitative estimate of drug-likeness (QED) is 0.269. The molecule has 0 saturated carbocycles. The highest BCUT2D eigenvalue weighted by Gasteiger charge is 2.36. The molecule has 6 rings (SSSR count). The minimum atomic E-state index is -0.314. The Morgan fingerprint density at radius 1 is 1.00 bits per heavy atom. The van der Waals surface area contributed by atoms with Crippen molar-refractivity contribution in [2.45, 2.75) is 32.9 Å². The Morgan fingerprint density at radius 3 is 2.53 bits per heavy atom. The maximum Gasteiger partial charge on any atom is 0.322 e. The van der Waals surface area contributed by atoms with Gasteiger partial charge in [0.05, 0.1) is 29.7 Å². The van der Waals surface area contributed by atoms with Crippen LogP contribution in [0.3, 0.4) is 0 Å². The van der Waals surface area contributed by atoms with E-state index in [1.54, 1.807) is 12.1 Å². The van der Waals surface area contributed by atoms with E-state index < -0.39 is 0 Å². The summed E-state index contributed by atoms with van der Waals surface area (Å²) in [5, 5.41) is 8.56. The molecule has 1 N–H and O–H groups in total. The molecular weight excluding hydrogens is 494 g/mol. The molecule has 1 aliphatic heterocycles. The highest BCUT2D eigenvalue weighted by molar-refractivity contribution is 6.30. The van der Waals surface area contributed by atoms with Crippen molar-refractivity contribution in [3.8, 4) is 11.5 Å². The van der Waals surface area contributed by atoms with Gasteiger partial charge >= 0.3 is 6.03 Å². The van der Waals surface area contributed by atoms with Crippen molar-refractivity contribution >= 4 is 23.3 Å². The molecule has 1 unspecified atom stereocenters. The van der Waals surface area contributed by atoms with Gasteiger partial charge < -0.3 is 14.8 Å². The van der Waals surface area contributed by atoms with E-state index in [1.807, 2.05) is 65.0 Å². The normalized spacial score (nSPS) is 14.5. The predicted octanol–water partition coefficient (Wildman–Crippen LogP) is 7.32. The van der Waals surface area contributed by atoms with Crippen molar-refractivity contribution in [2.75, 3.05) is 5.32 Å². The predicted molar refractivity (Wildman–Crippen MR) is 151 cm³/mol. The Kier molecular flexibility index (Phi) is 6.26. The van der Waals surface area contributed by atoms with Gasteiger partial charge in [-0.25, -0.2) is 9.48 Å². The van der Waals surface area contributed by atoms with Crippen molar-refractivity contribution < 1.29 is 4.79 Å². The SMILES string of the molecule is CCc1ccc(C2c3cccn3-c3c(c(C)nn3-c3ccccc3)CN2C(=O)Nc2cccc(Cl)c2)cc1. The zero-order valence-electron chi connectivity index (χ0n) is 21.3. The second-order valence-corrected chi connectivity index (χ2v) is 9.94. The molecule has 0 bridgehead atoms. The molecule has 5 aromatic rings. The number of anilines is 1. The monoisotopic (exact) mass is 521 g/mol. The number of fused-ring (bicyclic) bond motifs is 3. The molecule has 7 heteroatoms. The first-order valence-electron chi connectivity index (χ1n) is 12.8. The fourth-order valence-electron chi connectivity index (χ4n) is 5.20. The summed E-state index contributed by atoms with van der Waals surface area (Å²) < 4.78 is 4.15. The van der Waals surface area contributed by atoms with Crippen LogP contribution in [0.1, 0.15) is 41.0 Å². The molecule has 6 nitrogen and oxygen atoms in total. The first-order chi connectivity index (χ1) is 18.5. The van der Waals surface area contributed by atoms with E-state index in [2.05, 4.69) is 53.3 Å². The zero-order valence-corrected chi connectivity index (χ0v) is 22.1. The van der Waals surface area contributed by atoms with Gasteiger partial charge in [0, 0.05) is 22.5 Å². The molecule has 38 heavy (non-hydrogen) atoms. The number of hydrogen-bond acceptors (Lipinski definition) is 2. The van der Waals surface area contributed by atoms with Crippen LogP contribution in [0.25, 0.3) is 11.5 Å². The lowest BCUT2D eigenvalue weighted by Crippen LogP contribution is -2.38. The number of aromatic nitrogens is 3. The molecule has 0 spiro atoms. The third kappa shape index (κ3) is 4.27. The summed E-state index contributed by atoms with van der Waals surface area (Å²) in [4.78, 5) is 15.9. The van der Waals surface area contributed by atoms with Gasteiger partial charge in [0.2, 0.25) is 0 Å². The number of para-hydroxylation sites is 1. The van der Waals surface area contributed by atoms with Gasteiger partial charge in [0.1, 0.15) is 5.82 Å². The summed E-state index contributed by atoms with van der Waals surface area (Å²) in [5.41, 5.74) is 6.80. The van der Waals surface area contributed by atoms with Crippen LogP contribution in [0.2, 0.25) is 5.02 Å². The number of carbonyl (C=O) groups excluding carboxylic acids is 1. The zero-order chi connectivity index (χ0) is 26.2. The average Bonchev–Trinajstić information content (AvgIpc) is 3.49. The number of amides is 2. The molecule has 1 aliphatic rings. The van der Waals surface area contributed by atoms with Crippen molar-refractivity contribution in [1.29, 1.82) is 0 Å². The van der Waals surface area contributed by atoms with E-state index >= 15 is 0 Å². The molecule has 0 radical (unpaired) electrons. The molecule has 1 atom stereocenters. The van der Waals surface area contributed by atoms with Gasteiger partial charge in [0.15, 0.2) is 0 Å². The van der Waals surface area contributed by atoms with Crippen LogP contribution >= 0.6 is 11.6 Å². The molecule has 3 aromatic carbocycles. The summed E-state index contributed by atoms with van der Waals surface area (Å²) >= 11 is 6.22. The van der Waals surface area contributed by atoms with Crippen molar-refractivity contribution in [3.63, 3.8) is 0 Å². The van der Waals surface area contributed by atoms with E-state index in [0.29, 0.717) is 17.3 Å². The number of nitrogens with one attached hydrogen (secondary N) is 1. The number of nitrogens with zero attached hydrogens (tertiary/aromatic N) is 4. The minimum Gasteiger partial charge on any atom is -0.308 e. The Labute approximate surface area is 227 Å². The first kappa shape index (κ1) is 24.1. The van der Waals surface area contributed by atoms with Gasteiger partial charge in [0.25, 0.3) is 0 Å². The number of halogens is 1. The first-order valence-corrected chi connectivity index (χ1v) is 13.1. The van der Waals surface area contributed by atoms with Crippen LogP contribution in [0.5, 0.6) is 0 Å². The van der Waals surface area contributed by atoms with Crippen LogP contribution in [0, 0.1) is 6.92 Å². The molecule has 0 aliphatic carbocycles. The van der Waals surface area contributed by atoms with Crippen LogP contribution < -0.4 is 5.32 Å². The Morgan fingerprint density at radius 2 is 1.79 bits per heavy atom. The largest absolute Gasteiger partial charge is 0.322 e. The van der Waals surface area contributed by atoms with Crippen LogP contribution in [0.4, 0.5) is 10.5 Å². The summed E-state index contributed by atoms with van der Waals surface area (Å²) in [6.07, 6.45) is 3.01. The molecule has 190 valence electrons. The standard InChI is InChI=1S/C31H28ClN5O/c1-3-22-14-16-23(17-15-22)29-28-13-8-18-35(28)30-27(21(2)34-37(30)26-11-5-4-6-12-26)20-36(29)31(38)33-25-10-7-9-24(32)19-25/h4-19,29H,3,20H2,1-2H3,(H,33,38). The van der Waals surface area contributed by atoms with Gasteiger partial charge in [-0.1, -0.05) is 67.1 Å². The maximum atomic E-state index is 14.0. The smallest absolute Gasteiger partial charge is 0.308 e.